The lowest BCUT2D eigenvalue weighted by Crippen LogP contribution is -2.38. The standard InChI is InChI=1S/C16H21N5O3S/c1-12-3-4-14(8-17-12)16(22)20-9-13(7-19-25(2,23)24)10-21-15(11-20)5-6-18-21/h3-6,8,13,19H,7,9-11H2,1-2H3. The van der Waals surface area contributed by atoms with E-state index in [4.69, 9.17) is 0 Å². The smallest absolute Gasteiger partial charge is 0.255 e. The second-order valence-electron chi connectivity index (χ2n) is 6.37. The number of carbonyl (C=O) groups excluding carboxylic acids is 1. The molecule has 25 heavy (non-hydrogen) atoms. The number of aromatic nitrogens is 3. The largest absolute Gasteiger partial charge is 0.332 e. The highest BCUT2D eigenvalue weighted by atomic mass is 32.2. The van der Waals surface area contributed by atoms with Gasteiger partial charge in [0.05, 0.1) is 24.1 Å². The van der Waals surface area contributed by atoms with Crippen LogP contribution in [0.5, 0.6) is 0 Å². The van der Waals surface area contributed by atoms with E-state index >= 15 is 0 Å². The monoisotopic (exact) mass is 363 g/mol. The highest BCUT2D eigenvalue weighted by Crippen LogP contribution is 2.18. The maximum Gasteiger partial charge on any atom is 0.255 e. The molecule has 0 saturated carbocycles. The van der Waals surface area contributed by atoms with Crippen LogP contribution in [0.4, 0.5) is 0 Å². The Kier molecular flexibility index (Phi) is 4.87. The molecule has 1 atom stereocenters. The highest BCUT2D eigenvalue weighted by molar-refractivity contribution is 7.88. The molecule has 1 amide bonds. The van der Waals surface area contributed by atoms with Crippen LogP contribution in [0.1, 0.15) is 21.7 Å². The summed E-state index contributed by atoms with van der Waals surface area (Å²) in [5.41, 5.74) is 2.30. The van der Waals surface area contributed by atoms with Gasteiger partial charge in [0.2, 0.25) is 10.0 Å². The number of fused-ring (bicyclic) bond motifs is 1. The summed E-state index contributed by atoms with van der Waals surface area (Å²) < 4.78 is 27.2. The molecular weight excluding hydrogens is 342 g/mol. The summed E-state index contributed by atoms with van der Waals surface area (Å²) in [5.74, 6) is -0.190. The highest BCUT2D eigenvalue weighted by Gasteiger charge is 2.26. The number of carbonyl (C=O) groups is 1. The summed E-state index contributed by atoms with van der Waals surface area (Å²) in [5, 5.41) is 4.28. The van der Waals surface area contributed by atoms with Gasteiger partial charge in [-0.1, -0.05) is 0 Å². The average molecular weight is 363 g/mol. The van der Waals surface area contributed by atoms with Crippen molar-refractivity contribution in [3.8, 4) is 0 Å². The number of hydrogen-bond acceptors (Lipinski definition) is 5. The molecule has 0 radical (unpaired) electrons. The maximum atomic E-state index is 12.9. The lowest BCUT2D eigenvalue weighted by molar-refractivity contribution is 0.0722. The van der Waals surface area contributed by atoms with Crippen molar-refractivity contribution in [1.29, 1.82) is 0 Å². The first-order valence-corrected chi connectivity index (χ1v) is 9.88. The Morgan fingerprint density at radius 3 is 2.80 bits per heavy atom. The molecule has 3 heterocycles. The van der Waals surface area contributed by atoms with Crippen molar-refractivity contribution in [1.82, 2.24) is 24.4 Å². The van der Waals surface area contributed by atoms with E-state index in [0.717, 1.165) is 17.6 Å². The Morgan fingerprint density at radius 1 is 1.32 bits per heavy atom. The molecule has 134 valence electrons. The van der Waals surface area contributed by atoms with Gasteiger partial charge in [0.1, 0.15) is 0 Å². The molecule has 0 saturated heterocycles. The fraction of sp³-hybridized carbons (Fsp3) is 0.438. The molecule has 9 heteroatoms. The number of pyridine rings is 1. The van der Waals surface area contributed by atoms with E-state index < -0.39 is 10.0 Å². The Hall–Kier alpha value is -2.26. The Balaban J connectivity index is 1.82. The molecule has 1 aliphatic heterocycles. The number of nitrogens with one attached hydrogen (secondary N) is 1. The lowest BCUT2D eigenvalue weighted by Gasteiger charge is -2.24. The fourth-order valence-electron chi connectivity index (χ4n) is 2.86. The molecular formula is C16H21N5O3S. The third-order valence-electron chi connectivity index (χ3n) is 4.15. The zero-order valence-electron chi connectivity index (χ0n) is 14.2. The molecule has 0 aliphatic carbocycles. The zero-order valence-corrected chi connectivity index (χ0v) is 15.0. The van der Waals surface area contributed by atoms with Crippen molar-refractivity contribution in [3.63, 3.8) is 0 Å². The minimum absolute atomic E-state index is 0.0711. The third-order valence-corrected chi connectivity index (χ3v) is 4.84. The molecule has 0 aromatic carbocycles. The van der Waals surface area contributed by atoms with Crippen molar-refractivity contribution in [2.24, 2.45) is 5.92 Å². The van der Waals surface area contributed by atoms with E-state index in [-0.39, 0.29) is 18.4 Å². The molecule has 0 spiro atoms. The number of nitrogens with zero attached hydrogens (tertiary/aromatic N) is 4. The van der Waals surface area contributed by atoms with Gasteiger partial charge in [-0.2, -0.15) is 5.10 Å². The topological polar surface area (TPSA) is 97.2 Å². The summed E-state index contributed by atoms with van der Waals surface area (Å²) in [6.07, 6.45) is 4.39. The van der Waals surface area contributed by atoms with Gasteiger partial charge in [-0.05, 0) is 25.1 Å². The van der Waals surface area contributed by atoms with Gasteiger partial charge in [0, 0.05) is 43.6 Å². The molecule has 1 unspecified atom stereocenters. The molecule has 1 aliphatic rings. The van der Waals surface area contributed by atoms with Gasteiger partial charge in [0.15, 0.2) is 0 Å². The van der Waals surface area contributed by atoms with Crippen LogP contribution in [0.25, 0.3) is 0 Å². The van der Waals surface area contributed by atoms with Crippen LogP contribution in [0, 0.1) is 12.8 Å². The molecule has 1 N–H and O–H groups in total. The van der Waals surface area contributed by atoms with E-state index in [9.17, 15) is 13.2 Å². The first-order chi connectivity index (χ1) is 11.8. The molecule has 0 bridgehead atoms. The van der Waals surface area contributed by atoms with E-state index in [1.165, 1.54) is 0 Å². The number of sulfonamides is 1. The second kappa shape index (κ2) is 6.93. The van der Waals surface area contributed by atoms with Crippen molar-refractivity contribution >= 4 is 15.9 Å². The average Bonchev–Trinajstić information content (AvgIpc) is 2.90. The van der Waals surface area contributed by atoms with Crippen LogP contribution in [0.3, 0.4) is 0 Å². The van der Waals surface area contributed by atoms with E-state index in [1.54, 1.807) is 29.4 Å². The third kappa shape index (κ3) is 4.43. The van der Waals surface area contributed by atoms with Gasteiger partial charge < -0.3 is 4.90 Å². The SMILES string of the molecule is Cc1ccc(C(=O)N2Cc3ccnn3CC(CNS(C)(=O)=O)C2)cn1. The molecule has 3 rings (SSSR count). The molecule has 2 aromatic rings. The van der Waals surface area contributed by atoms with Crippen LogP contribution in [-0.2, 0) is 23.1 Å². The first-order valence-electron chi connectivity index (χ1n) is 7.99. The zero-order chi connectivity index (χ0) is 18.0. The van der Waals surface area contributed by atoms with Crippen molar-refractivity contribution in [2.75, 3.05) is 19.3 Å². The Morgan fingerprint density at radius 2 is 2.12 bits per heavy atom. The van der Waals surface area contributed by atoms with E-state index in [2.05, 4.69) is 14.8 Å². The van der Waals surface area contributed by atoms with Crippen LogP contribution < -0.4 is 4.72 Å². The number of rotatable bonds is 4. The minimum atomic E-state index is -3.29. The van der Waals surface area contributed by atoms with Gasteiger partial charge in [-0.3, -0.25) is 14.5 Å². The number of amides is 1. The Bertz CT molecular complexity index is 860. The van der Waals surface area contributed by atoms with Crippen LogP contribution in [0.2, 0.25) is 0 Å². The van der Waals surface area contributed by atoms with E-state index in [1.807, 2.05) is 17.7 Å². The number of hydrogen-bond donors (Lipinski definition) is 1. The normalized spacial score (nSPS) is 17.8. The van der Waals surface area contributed by atoms with Crippen molar-refractivity contribution < 1.29 is 13.2 Å². The summed E-state index contributed by atoms with van der Waals surface area (Å²) >= 11 is 0. The van der Waals surface area contributed by atoms with Gasteiger partial charge in [-0.15, -0.1) is 0 Å². The van der Waals surface area contributed by atoms with Gasteiger partial charge >= 0.3 is 0 Å². The van der Waals surface area contributed by atoms with Crippen molar-refractivity contribution in [3.05, 3.63) is 47.5 Å². The van der Waals surface area contributed by atoms with Crippen LogP contribution >= 0.6 is 0 Å². The second-order valence-corrected chi connectivity index (χ2v) is 8.20. The molecule has 8 nitrogen and oxygen atoms in total. The predicted molar refractivity (Wildman–Crippen MR) is 92.3 cm³/mol. The fourth-order valence-corrected chi connectivity index (χ4v) is 3.40. The summed E-state index contributed by atoms with van der Waals surface area (Å²) in [4.78, 5) is 18.8. The maximum absolute atomic E-state index is 12.9. The summed E-state index contributed by atoms with van der Waals surface area (Å²) in [7, 11) is -3.29. The quantitative estimate of drug-likeness (QED) is 0.848. The first kappa shape index (κ1) is 17.6. The van der Waals surface area contributed by atoms with Crippen molar-refractivity contribution in [2.45, 2.75) is 20.0 Å². The van der Waals surface area contributed by atoms with E-state index in [0.29, 0.717) is 25.2 Å². The minimum Gasteiger partial charge on any atom is -0.332 e. The van der Waals surface area contributed by atoms with Crippen LogP contribution in [0.15, 0.2) is 30.6 Å². The lowest BCUT2D eigenvalue weighted by atomic mass is 10.1. The Labute approximate surface area is 146 Å². The van der Waals surface area contributed by atoms with Crippen LogP contribution in [-0.4, -0.2) is 53.3 Å². The molecule has 0 fully saturated rings. The molecule has 2 aromatic heterocycles. The van der Waals surface area contributed by atoms with Gasteiger partial charge in [-0.25, -0.2) is 13.1 Å². The summed E-state index contributed by atoms with van der Waals surface area (Å²) in [6, 6.07) is 5.44. The summed E-state index contributed by atoms with van der Waals surface area (Å²) in [6.45, 7) is 3.56. The predicted octanol–water partition coefficient (Wildman–Crippen LogP) is 0.408. The number of aryl methyl sites for hydroxylation is 1. The van der Waals surface area contributed by atoms with Gasteiger partial charge in [0.25, 0.3) is 5.91 Å².